The predicted octanol–water partition coefficient (Wildman–Crippen LogP) is 4.33. The van der Waals surface area contributed by atoms with Gasteiger partial charge in [0.05, 0.1) is 22.8 Å². The van der Waals surface area contributed by atoms with Crippen molar-refractivity contribution in [2.45, 2.75) is 13.0 Å². The number of benzene rings is 1. The third kappa shape index (κ3) is 4.02. The van der Waals surface area contributed by atoms with E-state index in [0.29, 0.717) is 28.6 Å². The van der Waals surface area contributed by atoms with Crippen LogP contribution in [0, 0.1) is 0 Å². The molecule has 0 aliphatic heterocycles. The molecule has 0 saturated heterocycles. The van der Waals surface area contributed by atoms with Crippen LogP contribution in [-0.4, -0.2) is 28.8 Å². The molecule has 0 saturated carbocycles. The summed E-state index contributed by atoms with van der Waals surface area (Å²) < 4.78 is 8.09. The third-order valence-electron chi connectivity index (χ3n) is 3.45. The maximum Gasteiger partial charge on any atom is 0.349 e. The number of esters is 1. The molecule has 6 nitrogen and oxygen atoms in total. The number of hydrogen-bond donors (Lipinski definition) is 1. The van der Waals surface area contributed by atoms with Gasteiger partial charge in [-0.3, -0.25) is 9.48 Å². The Morgan fingerprint density at radius 1 is 1.44 bits per heavy atom. The summed E-state index contributed by atoms with van der Waals surface area (Å²) in [7, 11) is 1.31. The van der Waals surface area contributed by atoms with Crippen molar-refractivity contribution in [1.29, 1.82) is 0 Å². The Hall–Kier alpha value is -1.90. The summed E-state index contributed by atoms with van der Waals surface area (Å²) in [5, 5.41) is 8.07. The molecule has 0 aliphatic carbocycles. The van der Waals surface area contributed by atoms with Gasteiger partial charge in [-0.25, -0.2) is 4.79 Å². The Morgan fingerprint density at radius 2 is 2.24 bits per heavy atom. The van der Waals surface area contributed by atoms with E-state index in [1.54, 1.807) is 35.3 Å². The Balaban J connectivity index is 1.71. The van der Waals surface area contributed by atoms with Gasteiger partial charge in [-0.2, -0.15) is 5.10 Å². The summed E-state index contributed by atoms with van der Waals surface area (Å²) in [6, 6.07) is 5.33. The molecule has 3 aromatic rings. The first-order chi connectivity index (χ1) is 12.0. The van der Waals surface area contributed by atoms with E-state index >= 15 is 0 Å². The zero-order valence-corrected chi connectivity index (χ0v) is 16.2. The molecule has 0 aliphatic rings. The fourth-order valence-electron chi connectivity index (χ4n) is 2.27. The van der Waals surface area contributed by atoms with Gasteiger partial charge in [0, 0.05) is 34.9 Å². The SMILES string of the molecule is COC(=O)c1sc2cc(NC(=O)CCn3cc(Br)cn3)ccc2c1Cl. The summed E-state index contributed by atoms with van der Waals surface area (Å²) in [5.74, 6) is -0.594. The van der Waals surface area contributed by atoms with E-state index in [2.05, 4.69) is 26.3 Å². The highest BCUT2D eigenvalue weighted by atomic mass is 79.9. The minimum Gasteiger partial charge on any atom is -0.465 e. The largest absolute Gasteiger partial charge is 0.465 e. The van der Waals surface area contributed by atoms with Gasteiger partial charge in [0.1, 0.15) is 4.88 Å². The normalized spacial score (nSPS) is 10.8. The maximum atomic E-state index is 12.1. The van der Waals surface area contributed by atoms with Gasteiger partial charge in [0.25, 0.3) is 0 Å². The molecule has 9 heteroatoms. The van der Waals surface area contributed by atoms with Crippen LogP contribution in [0.15, 0.2) is 35.1 Å². The van der Waals surface area contributed by atoms with Gasteiger partial charge < -0.3 is 10.1 Å². The second-order valence-electron chi connectivity index (χ2n) is 5.17. The molecule has 0 unspecified atom stereocenters. The van der Waals surface area contributed by atoms with Crippen molar-refractivity contribution in [3.8, 4) is 0 Å². The zero-order valence-electron chi connectivity index (χ0n) is 13.1. The minimum atomic E-state index is -0.470. The summed E-state index contributed by atoms with van der Waals surface area (Å²) >= 11 is 10.8. The van der Waals surface area contributed by atoms with Gasteiger partial charge >= 0.3 is 5.97 Å². The molecule has 1 N–H and O–H groups in total. The molecule has 0 bridgehead atoms. The first-order valence-electron chi connectivity index (χ1n) is 7.26. The lowest BCUT2D eigenvalue weighted by molar-refractivity contribution is -0.116. The van der Waals surface area contributed by atoms with E-state index in [9.17, 15) is 9.59 Å². The number of aromatic nitrogens is 2. The average molecular weight is 443 g/mol. The van der Waals surface area contributed by atoms with Crippen molar-refractivity contribution in [3.63, 3.8) is 0 Å². The number of nitrogens with one attached hydrogen (secondary N) is 1. The summed E-state index contributed by atoms with van der Waals surface area (Å²) in [6.45, 7) is 0.483. The number of carbonyl (C=O) groups is 2. The number of carbonyl (C=O) groups excluding carboxylic acids is 2. The molecule has 130 valence electrons. The molecule has 0 radical (unpaired) electrons. The number of ether oxygens (including phenoxy) is 1. The number of methoxy groups -OCH3 is 1. The maximum absolute atomic E-state index is 12.1. The number of thiophene rings is 1. The second kappa shape index (κ2) is 7.55. The Kier molecular flexibility index (Phi) is 5.41. The number of amides is 1. The fourth-order valence-corrected chi connectivity index (χ4v) is 4.06. The third-order valence-corrected chi connectivity index (χ3v) is 5.50. The van der Waals surface area contributed by atoms with Gasteiger partial charge in [0.2, 0.25) is 5.91 Å². The first kappa shape index (κ1) is 17.9. The van der Waals surface area contributed by atoms with Crippen molar-refractivity contribution in [1.82, 2.24) is 9.78 Å². The molecule has 0 spiro atoms. The molecule has 1 amide bonds. The number of nitrogens with zero attached hydrogens (tertiary/aromatic N) is 2. The van der Waals surface area contributed by atoms with Crippen LogP contribution in [0.25, 0.3) is 10.1 Å². The van der Waals surface area contributed by atoms with Gasteiger partial charge in [-0.15, -0.1) is 11.3 Å². The molecule has 1 aromatic carbocycles. The van der Waals surface area contributed by atoms with E-state index in [1.807, 2.05) is 0 Å². The van der Waals surface area contributed by atoms with E-state index < -0.39 is 5.97 Å². The fraction of sp³-hybridized carbons (Fsp3) is 0.188. The van der Waals surface area contributed by atoms with Crippen molar-refractivity contribution in [3.05, 3.63) is 45.0 Å². The molecular weight excluding hydrogens is 430 g/mol. The Morgan fingerprint density at radius 3 is 2.92 bits per heavy atom. The smallest absolute Gasteiger partial charge is 0.349 e. The van der Waals surface area contributed by atoms with Crippen LogP contribution in [0.2, 0.25) is 5.02 Å². The standard InChI is InChI=1S/C16H13BrClN3O3S/c1-24-16(23)15-14(18)11-3-2-10(6-12(11)25-15)20-13(22)4-5-21-8-9(17)7-19-21/h2-3,6-8H,4-5H2,1H3,(H,20,22). The van der Waals surface area contributed by atoms with Gasteiger partial charge in [-0.1, -0.05) is 11.6 Å². The Labute approximate surface area is 160 Å². The molecule has 3 rings (SSSR count). The van der Waals surface area contributed by atoms with Crippen molar-refractivity contribution in [2.75, 3.05) is 12.4 Å². The molecule has 2 aromatic heterocycles. The minimum absolute atomic E-state index is 0.123. The second-order valence-corrected chi connectivity index (χ2v) is 7.51. The van der Waals surface area contributed by atoms with Gasteiger partial charge in [0.15, 0.2) is 0 Å². The van der Waals surface area contributed by atoms with E-state index in [0.717, 1.165) is 14.6 Å². The monoisotopic (exact) mass is 441 g/mol. The van der Waals surface area contributed by atoms with E-state index in [-0.39, 0.29) is 5.91 Å². The lowest BCUT2D eigenvalue weighted by Gasteiger charge is -2.05. The van der Waals surface area contributed by atoms with Crippen molar-refractivity contribution in [2.24, 2.45) is 0 Å². The molecule has 0 atom stereocenters. The number of hydrogen-bond acceptors (Lipinski definition) is 5. The van der Waals surface area contributed by atoms with Crippen LogP contribution < -0.4 is 5.32 Å². The highest BCUT2D eigenvalue weighted by molar-refractivity contribution is 9.10. The van der Waals surface area contributed by atoms with Crippen LogP contribution in [0.1, 0.15) is 16.1 Å². The van der Waals surface area contributed by atoms with Gasteiger partial charge in [-0.05, 0) is 34.1 Å². The zero-order chi connectivity index (χ0) is 18.0. The predicted molar refractivity (Wildman–Crippen MR) is 101 cm³/mol. The molecule has 25 heavy (non-hydrogen) atoms. The van der Waals surface area contributed by atoms with Crippen LogP contribution in [-0.2, 0) is 16.1 Å². The lowest BCUT2D eigenvalue weighted by atomic mass is 10.2. The summed E-state index contributed by atoms with van der Waals surface area (Å²) in [4.78, 5) is 24.2. The van der Waals surface area contributed by atoms with Crippen molar-refractivity contribution >= 4 is 66.5 Å². The number of halogens is 2. The summed E-state index contributed by atoms with van der Waals surface area (Å²) in [5.41, 5.74) is 0.647. The highest BCUT2D eigenvalue weighted by Crippen LogP contribution is 2.37. The molecule has 2 heterocycles. The topological polar surface area (TPSA) is 73.2 Å². The van der Waals surface area contributed by atoms with Crippen LogP contribution in [0.3, 0.4) is 0 Å². The van der Waals surface area contributed by atoms with E-state index in [4.69, 9.17) is 16.3 Å². The number of aryl methyl sites for hydroxylation is 1. The number of rotatable bonds is 5. The van der Waals surface area contributed by atoms with Crippen LogP contribution >= 0.6 is 38.9 Å². The lowest BCUT2D eigenvalue weighted by Crippen LogP contribution is -2.14. The highest BCUT2D eigenvalue weighted by Gasteiger charge is 2.18. The number of fused-ring (bicyclic) bond motifs is 1. The Bertz CT molecular complexity index is 953. The van der Waals surface area contributed by atoms with Crippen molar-refractivity contribution < 1.29 is 14.3 Å². The first-order valence-corrected chi connectivity index (χ1v) is 9.25. The van der Waals surface area contributed by atoms with Crippen LogP contribution in [0.5, 0.6) is 0 Å². The van der Waals surface area contributed by atoms with E-state index in [1.165, 1.54) is 18.4 Å². The number of anilines is 1. The molecule has 0 fully saturated rings. The summed E-state index contributed by atoms with van der Waals surface area (Å²) in [6.07, 6.45) is 3.78. The quantitative estimate of drug-likeness (QED) is 0.597. The van der Waals surface area contributed by atoms with Crippen LogP contribution in [0.4, 0.5) is 5.69 Å². The average Bonchev–Trinajstić information content (AvgIpc) is 3.15. The molecular formula is C16H13BrClN3O3S.